The van der Waals surface area contributed by atoms with Crippen LogP contribution in [0.3, 0.4) is 0 Å². The maximum atomic E-state index is 13.1. The Hall–Kier alpha value is -3.12. The molecular weight excluding hydrogens is 440 g/mol. The number of aliphatic imine (C=N–C) groups is 3. The Morgan fingerprint density at radius 3 is 1.38 bits per heavy atom. The van der Waals surface area contributed by atoms with Crippen LogP contribution in [-0.2, 0) is 14.4 Å². The first kappa shape index (κ1) is 30.9. The topological polar surface area (TPSA) is 150 Å². The summed E-state index contributed by atoms with van der Waals surface area (Å²) < 4.78 is 0. The van der Waals surface area contributed by atoms with E-state index in [1.807, 2.05) is 20.8 Å². The zero-order valence-corrected chi connectivity index (χ0v) is 20.5. The summed E-state index contributed by atoms with van der Waals surface area (Å²) in [6, 6.07) is -1.75. The SMILES string of the molecule is CCCCCC(N=C=O)NC(=O)N(C(=O)NC(CCCCC)N=C=O)C(CCCCC)N=C=O. The molecular formula is C23H38N6O5. The van der Waals surface area contributed by atoms with Crippen LogP contribution in [-0.4, -0.2) is 53.7 Å². The standard InChI is InChI=1S/C23H38N6O5/c1-4-7-10-13-19(24-16-30)27-22(33)29(21(26-18-32)15-12-9-6-3)23(34)28-20(25-17-31)14-11-8-5-2/h19-21H,4-15H2,1-3H3,(H,27,33)(H,28,34). The van der Waals surface area contributed by atoms with Crippen LogP contribution in [0.5, 0.6) is 0 Å². The van der Waals surface area contributed by atoms with Crippen LogP contribution >= 0.6 is 0 Å². The molecule has 190 valence electrons. The number of rotatable bonds is 18. The van der Waals surface area contributed by atoms with Crippen molar-refractivity contribution in [2.24, 2.45) is 15.0 Å². The molecule has 0 heterocycles. The van der Waals surface area contributed by atoms with Crippen molar-refractivity contribution in [3.05, 3.63) is 0 Å². The fraction of sp³-hybridized carbons (Fsp3) is 0.783. The van der Waals surface area contributed by atoms with Crippen LogP contribution in [0.15, 0.2) is 15.0 Å². The van der Waals surface area contributed by atoms with Gasteiger partial charge in [-0.1, -0.05) is 59.3 Å². The third-order valence-corrected chi connectivity index (χ3v) is 5.16. The number of isocyanates is 3. The van der Waals surface area contributed by atoms with E-state index in [0.717, 1.165) is 43.4 Å². The Bertz CT molecular complexity index is 696. The van der Waals surface area contributed by atoms with Gasteiger partial charge in [-0.05, 0) is 38.5 Å². The number of carbonyl (C=O) groups is 2. The lowest BCUT2D eigenvalue weighted by atomic mass is 10.1. The van der Waals surface area contributed by atoms with Gasteiger partial charge in [-0.3, -0.25) is 0 Å². The summed E-state index contributed by atoms with van der Waals surface area (Å²) in [6.45, 7) is 6.02. The van der Waals surface area contributed by atoms with Gasteiger partial charge in [0.2, 0.25) is 18.2 Å². The van der Waals surface area contributed by atoms with E-state index in [2.05, 4.69) is 25.6 Å². The molecule has 0 fully saturated rings. The van der Waals surface area contributed by atoms with Crippen molar-refractivity contribution in [1.29, 1.82) is 0 Å². The molecule has 0 saturated carbocycles. The number of imide groups is 1. The van der Waals surface area contributed by atoms with Crippen molar-refractivity contribution >= 4 is 30.3 Å². The number of nitrogens with zero attached hydrogens (tertiary/aromatic N) is 4. The smallest absolute Gasteiger partial charge is 0.315 e. The fourth-order valence-corrected chi connectivity index (χ4v) is 3.32. The van der Waals surface area contributed by atoms with Crippen LogP contribution in [0.25, 0.3) is 0 Å². The highest BCUT2D eigenvalue weighted by Crippen LogP contribution is 2.15. The molecule has 0 radical (unpaired) electrons. The van der Waals surface area contributed by atoms with Gasteiger partial charge in [-0.15, -0.1) is 0 Å². The summed E-state index contributed by atoms with van der Waals surface area (Å²) in [7, 11) is 0. The monoisotopic (exact) mass is 478 g/mol. The van der Waals surface area contributed by atoms with E-state index < -0.39 is 30.6 Å². The van der Waals surface area contributed by atoms with Gasteiger partial charge in [0.15, 0.2) is 0 Å². The van der Waals surface area contributed by atoms with Crippen LogP contribution in [0.1, 0.15) is 97.8 Å². The predicted molar refractivity (Wildman–Crippen MR) is 127 cm³/mol. The Morgan fingerprint density at radius 2 is 1.03 bits per heavy atom. The molecule has 0 aliphatic carbocycles. The van der Waals surface area contributed by atoms with Crippen LogP contribution in [0.4, 0.5) is 9.59 Å². The molecule has 3 unspecified atom stereocenters. The third kappa shape index (κ3) is 13.4. The predicted octanol–water partition coefficient (Wildman–Crippen LogP) is 4.43. The summed E-state index contributed by atoms with van der Waals surface area (Å²) in [4.78, 5) is 70.7. The van der Waals surface area contributed by atoms with Crippen molar-refractivity contribution < 1.29 is 24.0 Å². The first-order valence-corrected chi connectivity index (χ1v) is 12.1. The average Bonchev–Trinajstić information content (AvgIpc) is 2.80. The number of unbranched alkanes of at least 4 members (excludes halogenated alkanes) is 6. The molecule has 0 bridgehead atoms. The highest BCUT2D eigenvalue weighted by Gasteiger charge is 2.32. The van der Waals surface area contributed by atoms with Gasteiger partial charge >= 0.3 is 12.1 Å². The van der Waals surface area contributed by atoms with Gasteiger partial charge in [0.05, 0.1) is 0 Å². The Balaban J connectivity index is 5.80. The van der Waals surface area contributed by atoms with Crippen LogP contribution < -0.4 is 10.6 Å². The molecule has 11 nitrogen and oxygen atoms in total. The molecule has 34 heavy (non-hydrogen) atoms. The summed E-state index contributed by atoms with van der Waals surface area (Å²) in [5.74, 6) is 0. The van der Waals surface area contributed by atoms with E-state index in [-0.39, 0.29) is 6.42 Å². The van der Waals surface area contributed by atoms with E-state index in [1.165, 1.54) is 18.2 Å². The number of hydrogen-bond donors (Lipinski definition) is 2. The van der Waals surface area contributed by atoms with E-state index in [9.17, 15) is 24.0 Å². The minimum atomic E-state index is -1.11. The molecule has 0 aliphatic heterocycles. The maximum Gasteiger partial charge on any atom is 0.329 e. The molecule has 0 aromatic rings. The molecule has 0 aliphatic rings. The minimum Gasteiger partial charge on any atom is -0.315 e. The third-order valence-electron chi connectivity index (χ3n) is 5.16. The van der Waals surface area contributed by atoms with Gasteiger partial charge in [-0.25, -0.2) is 28.9 Å². The fourth-order valence-electron chi connectivity index (χ4n) is 3.32. The lowest BCUT2D eigenvalue weighted by Gasteiger charge is -2.29. The Kier molecular flexibility index (Phi) is 18.6. The lowest BCUT2D eigenvalue weighted by molar-refractivity contribution is 0.161. The van der Waals surface area contributed by atoms with Crippen molar-refractivity contribution in [2.45, 2.75) is 116 Å². The van der Waals surface area contributed by atoms with Crippen molar-refractivity contribution in [3.8, 4) is 0 Å². The van der Waals surface area contributed by atoms with E-state index in [1.54, 1.807) is 0 Å². The number of carbonyl (C=O) groups excluding carboxylic acids is 5. The zero-order chi connectivity index (χ0) is 25.6. The second-order valence-electron chi connectivity index (χ2n) is 7.93. The zero-order valence-electron chi connectivity index (χ0n) is 20.5. The average molecular weight is 479 g/mol. The molecule has 11 heteroatoms. The Labute approximate surface area is 201 Å². The molecule has 2 N–H and O–H groups in total. The number of hydrogen-bond acceptors (Lipinski definition) is 8. The highest BCUT2D eigenvalue weighted by atomic mass is 16.2. The first-order valence-electron chi connectivity index (χ1n) is 12.1. The van der Waals surface area contributed by atoms with Gasteiger partial charge in [0.1, 0.15) is 18.5 Å². The van der Waals surface area contributed by atoms with Gasteiger partial charge in [0, 0.05) is 0 Å². The quantitative estimate of drug-likeness (QED) is 0.170. The van der Waals surface area contributed by atoms with Gasteiger partial charge in [0.25, 0.3) is 0 Å². The van der Waals surface area contributed by atoms with Crippen LogP contribution in [0, 0.1) is 0 Å². The van der Waals surface area contributed by atoms with Crippen molar-refractivity contribution in [1.82, 2.24) is 15.5 Å². The minimum absolute atomic E-state index is 0.249. The summed E-state index contributed by atoms with van der Waals surface area (Å²) >= 11 is 0. The molecule has 0 spiro atoms. The largest absolute Gasteiger partial charge is 0.329 e. The molecule has 0 rings (SSSR count). The second-order valence-corrected chi connectivity index (χ2v) is 7.93. The van der Waals surface area contributed by atoms with E-state index in [4.69, 9.17) is 0 Å². The molecule has 3 atom stereocenters. The number of urea groups is 2. The summed E-state index contributed by atoms with van der Waals surface area (Å²) in [6.07, 6.45) is 9.81. The van der Waals surface area contributed by atoms with Crippen molar-refractivity contribution in [2.75, 3.05) is 0 Å². The summed E-state index contributed by atoms with van der Waals surface area (Å²) in [5, 5.41) is 5.09. The highest BCUT2D eigenvalue weighted by molar-refractivity contribution is 5.94. The number of nitrogens with one attached hydrogen (secondary N) is 2. The molecule has 0 saturated heterocycles. The van der Waals surface area contributed by atoms with E-state index in [0.29, 0.717) is 32.1 Å². The maximum absolute atomic E-state index is 13.1. The molecule has 0 aromatic heterocycles. The van der Waals surface area contributed by atoms with Crippen LogP contribution in [0.2, 0.25) is 0 Å². The van der Waals surface area contributed by atoms with Gasteiger partial charge < -0.3 is 10.6 Å². The first-order chi connectivity index (χ1) is 16.5. The molecule has 0 aromatic carbocycles. The summed E-state index contributed by atoms with van der Waals surface area (Å²) in [5.41, 5.74) is 0. The Morgan fingerprint density at radius 1 is 0.647 bits per heavy atom. The molecule has 4 amide bonds. The normalized spacial score (nSPS) is 12.7. The second kappa shape index (κ2) is 20.5. The van der Waals surface area contributed by atoms with E-state index >= 15 is 0 Å². The van der Waals surface area contributed by atoms with Crippen molar-refractivity contribution in [3.63, 3.8) is 0 Å². The number of amides is 4. The lowest BCUT2D eigenvalue weighted by Crippen LogP contribution is -2.56. The van der Waals surface area contributed by atoms with Gasteiger partial charge in [-0.2, -0.15) is 15.0 Å².